The lowest BCUT2D eigenvalue weighted by atomic mass is 9.96. The molecule has 1 nitrogen and oxygen atoms in total. The van der Waals surface area contributed by atoms with Crippen molar-refractivity contribution >= 4 is 0 Å². The van der Waals surface area contributed by atoms with Crippen LogP contribution in [0.15, 0.2) is 66.2 Å². The molecule has 140 valence electrons. The highest BCUT2D eigenvalue weighted by Crippen LogP contribution is 2.22. The van der Waals surface area contributed by atoms with Crippen LogP contribution in [0, 0.1) is 0 Å². The number of rotatable bonds is 10. The largest absolute Gasteiger partial charge is 0.375 e. The molecule has 26 heavy (non-hydrogen) atoms. The molecule has 0 unspecified atom stereocenters. The maximum atomic E-state index is 6.16. The summed E-state index contributed by atoms with van der Waals surface area (Å²) in [5.74, 6) is 0. The van der Waals surface area contributed by atoms with Crippen molar-refractivity contribution in [2.75, 3.05) is 6.61 Å². The molecular weight excluding hydrogens is 316 g/mol. The van der Waals surface area contributed by atoms with Crippen molar-refractivity contribution in [2.24, 2.45) is 0 Å². The Morgan fingerprint density at radius 1 is 0.846 bits per heavy atom. The first-order valence-electron chi connectivity index (χ1n) is 9.88. The van der Waals surface area contributed by atoms with E-state index in [-0.39, 0.29) is 5.60 Å². The second-order valence-electron chi connectivity index (χ2n) is 7.98. The molecule has 2 aromatic carbocycles. The number of ether oxygens (including phenoxy) is 1. The van der Waals surface area contributed by atoms with Crippen LogP contribution in [-0.2, 0) is 11.2 Å². The van der Waals surface area contributed by atoms with E-state index in [1.807, 2.05) is 0 Å². The second-order valence-corrected chi connectivity index (χ2v) is 7.98. The first kappa shape index (κ1) is 20.5. The van der Waals surface area contributed by atoms with Gasteiger partial charge in [0.05, 0.1) is 5.60 Å². The molecule has 0 spiro atoms. The highest BCUT2D eigenvalue weighted by atomic mass is 16.5. The zero-order valence-electron chi connectivity index (χ0n) is 16.9. The van der Waals surface area contributed by atoms with Gasteiger partial charge >= 0.3 is 0 Å². The molecule has 0 aliphatic heterocycles. The highest BCUT2D eigenvalue weighted by Gasteiger charge is 2.18. The molecule has 0 amide bonds. The van der Waals surface area contributed by atoms with Crippen LogP contribution in [-0.4, -0.2) is 12.2 Å². The summed E-state index contributed by atoms with van der Waals surface area (Å²) in [7, 11) is 0. The van der Waals surface area contributed by atoms with Crippen molar-refractivity contribution in [3.63, 3.8) is 0 Å². The van der Waals surface area contributed by atoms with E-state index in [9.17, 15) is 0 Å². The van der Waals surface area contributed by atoms with Crippen molar-refractivity contribution in [1.29, 1.82) is 0 Å². The normalized spacial score (nSPS) is 11.4. The zero-order chi connectivity index (χ0) is 18.8. The van der Waals surface area contributed by atoms with Gasteiger partial charge in [0.2, 0.25) is 0 Å². The van der Waals surface area contributed by atoms with Crippen LogP contribution in [0.2, 0.25) is 0 Å². The van der Waals surface area contributed by atoms with Crippen molar-refractivity contribution in [3.8, 4) is 11.1 Å². The van der Waals surface area contributed by atoms with Gasteiger partial charge in [0.1, 0.15) is 0 Å². The molecule has 1 heteroatoms. The average molecular weight is 351 g/mol. The van der Waals surface area contributed by atoms with E-state index >= 15 is 0 Å². The topological polar surface area (TPSA) is 9.23 Å². The fourth-order valence-corrected chi connectivity index (χ4v) is 3.15. The SMILES string of the molecule is CC(C)=CCCCCCOC(C)(C)Cc1ccc(-c2ccccc2)cc1. The molecule has 0 radical (unpaired) electrons. The summed E-state index contributed by atoms with van der Waals surface area (Å²) in [5, 5.41) is 0. The van der Waals surface area contributed by atoms with Gasteiger partial charge in [-0.3, -0.25) is 0 Å². The quantitative estimate of drug-likeness (QED) is 0.325. The Balaban J connectivity index is 1.75. The van der Waals surface area contributed by atoms with Crippen LogP contribution in [0.3, 0.4) is 0 Å². The summed E-state index contributed by atoms with van der Waals surface area (Å²) in [6.07, 6.45) is 8.11. The minimum atomic E-state index is -0.117. The monoisotopic (exact) mass is 350 g/mol. The highest BCUT2D eigenvalue weighted by molar-refractivity contribution is 5.63. The summed E-state index contributed by atoms with van der Waals surface area (Å²) in [4.78, 5) is 0. The van der Waals surface area contributed by atoms with E-state index in [1.54, 1.807) is 0 Å². The molecule has 2 aromatic rings. The molecular formula is C25H34O. The van der Waals surface area contributed by atoms with Gasteiger partial charge in [-0.15, -0.1) is 0 Å². The lowest BCUT2D eigenvalue weighted by Gasteiger charge is -2.25. The minimum absolute atomic E-state index is 0.117. The van der Waals surface area contributed by atoms with Gasteiger partial charge in [-0.2, -0.15) is 0 Å². The Bertz CT molecular complexity index is 661. The minimum Gasteiger partial charge on any atom is -0.375 e. The molecule has 0 bridgehead atoms. The van der Waals surface area contributed by atoms with Crippen molar-refractivity contribution < 1.29 is 4.74 Å². The van der Waals surface area contributed by atoms with Crippen LogP contribution < -0.4 is 0 Å². The van der Waals surface area contributed by atoms with E-state index in [1.165, 1.54) is 41.5 Å². The smallest absolute Gasteiger partial charge is 0.0666 e. The number of hydrogen-bond acceptors (Lipinski definition) is 1. The van der Waals surface area contributed by atoms with E-state index in [4.69, 9.17) is 4.74 Å². The van der Waals surface area contributed by atoms with Crippen LogP contribution in [0.25, 0.3) is 11.1 Å². The number of allylic oxidation sites excluding steroid dienone is 2. The molecule has 2 rings (SSSR count). The van der Waals surface area contributed by atoms with E-state index in [2.05, 4.69) is 88.4 Å². The predicted molar refractivity (Wildman–Crippen MR) is 114 cm³/mol. The molecule has 0 N–H and O–H groups in total. The van der Waals surface area contributed by atoms with Gasteiger partial charge < -0.3 is 4.74 Å². The third kappa shape index (κ3) is 7.58. The van der Waals surface area contributed by atoms with Gasteiger partial charge in [-0.1, -0.05) is 72.7 Å². The summed E-state index contributed by atoms with van der Waals surface area (Å²) in [6.45, 7) is 9.57. The van der Waals surface area contributed by atoms with Crippen LogP contribution in [0.4, 0.5) is 0 Å². The summed E-state index contributed by atoms with van der Waals surface area (Å²) in [5.41, 5.74) is 5.17. The van der Waals surface area contributed by atoms with Gasteiger partial charge in [0.25, 0.3) is 0 Å². The molecule has 0 saturated carbocycles. The van der Waals surface area contributed by atoms with Crippen molar-refractivity contribution in [3.05, 3.63) is 71.8 Å². The third-order valence-electron chi connectivity index (χ3n) is 4.58. The van der Waals surface area contributed by atoms with E-state index in [0.29, 0.717) is 0 Å². The summed E-state index contributed by atoms with van der Waals surface area (Å²) in [6, 6.07) is 19.4. The predicted octanol–water partition coefficient (Wildman–Crippen LogP) is 7.22. The second kappa shape index (κ2) is 10.3. The maximum Gasteiger partial charge on any atom is 0.0666 e. The van der Waals surface area contributed by atoms with Crippen LogP contribution in [0.5, 0.6) is 0 Å². The number of benzene rings is 2. The Kier molecular flexibility index (Phi) is 8.12. The third-order valence-corrected chi connectivity index (χ3v) is 4.58. The Morgan fingerprint density at radius 2 is 1.50 bits per heavy atom. The Hall–Kier alpha value is -1.86. The molecule has 0 aromatic heterocycles. The average Bonchev–Trinajstić information content (AvgIpc) is 2.61. The van der Waals surface area contributed by atoms with Crippen molar-refractivity contribution in [1.82, 2.24) is 0 Å². The van der Waals surface area contributed by atoms with Gasteiger partial charge in [-0.25, -0.2) is 0 Å². The molecule has 0 atom stereocenters. The molecule has 0 aliphatic carbocycles. The van der Waals surface area contributed by atoms with Gasteiger partial charge in [0.15, 0.2) is 0 Å². The molecule has 0 saturated heterocycles. The first-order valence-corrected chi connectivity index (χ1v) is 9.88. The fourth-order valence-electron chi connectivity index (χ4n) is 3.15. The standard InChI is InChI=1S/C25H34O/c1-21(2)12-8-5-6-11-19-26-25(3,4)20-22-15-17-24(18-16-22)23-13-9-7-10-14-23/h7,9-10,12-18H,5-6,8,11,19-20H2,1-4H3. The lowest BCUT2D eigenvalue weighted by molar-refractivity contribution is -0.0186. The van der Waals surface area contributed by atoms with Gasteiger partial charge in [0, 0.05) is 13.0 Å². The summed E-state index contributed by atoms with van der Waals surface area (Å²) < 4.78 is 6.16. The number of unbranched alkanes of at least 4 members (excludes halogenated alkanes) is 3. The van der Waals surface area contributed by atoms with Crippen molar-refractivity contribution in [2.45, 2.75) is 65.4 Å². The lowest BCUT2D eigenvalue weighted by Crippen LogP contribution is -2.27. The zero-order valence-corrected chi connectivity index (χ0v) is 16.9. The van der Waals surface area contributed by atoms with Crippen LogP contribution >= 0.6 is 0 Å². The van der Waals surface area contributed by atoms with E-state index in [0.717, 1.165) is 19.4 Å². The summed E-state index contributed by atoms with van der Waals surface area (Å²) >= 11 is 0. The van der Waals surface area contributed by atoms with E-state index < -0.39 is 0 Å². The molecule has 0 heterocycles. The molecule has 0 fully saturated rings. The molecule has 0 aliphatic rings. The number of hydrogen-bond donors (Lipinski definition) is 0. The van der Waals surface area contributed by atoms with Gasteiger partial charge in [-0.05, 0) is 63.6 Å². The maximum absolute atomic E-state index is 6.16. The fraction of sp³-hybridized carbons (Fsp3) is 0.440. The van der Waals surface area contributed by atoms with Crippen LogP contribution in [0.1, 0.15) is 58.9 Å². The Morgan fingerprint density at radius 3 is 2.15 bits per heavy atom. The Labute approximate surface area is 160 Å². The first-order chi connectivity index (χ1) is 12.5.